The predicted molar refractivity (Wildman–Crippen MR) is 59.7 cm³/mol. The van der Waals surface area contributed by atoms with Crippen molar-refractivity contribution in [3.8, 4) is 0 Å². The van der Waals surface area contributed by atoms with E-state index >= 15 is 0 Å². The number of ether oxygens (including phenoxy) is 1. The van der Waals surface area contributed by atoms with Crippen LogP contribution in [0.15, 0.2) is 18.3 Å². The third-order valence-electron chi connectivity index (χ3n) is 2.88. The highest BCUT2D eigenvalue weighted by Crippen LogP contribution is 2.20. The Morgan fingerprint density at radius 1 is 1.62 bits per heavy atom. The van der Waals surface area contributed by atoms with Crippen molar-refractivity contribution in [1.82, 2.24) is 4.98 Å². The Morgan fingerprint density at radius 3 is 3.06 bits per heavy atom. The molecule has 1 saturated heterocycles. The van der Waals surface area contributed by atoms with E-state index in [1.54, 1.807) is 18.3 Å². The number of hydrogen-bond acceptors (Lipinski definition) is 5. The van der Waals surface area contributed by atoms with Crippen molar-refractivity contribution in [2.24, 2.45) is 5.73 Å². The van der Waals surface area contributed by atoms with Crippen molar-refractivity contribution in [2.45, 2.75) is 18.4 Å². The number of ketones is 1. The molecule has 0 saturated carbocycles. The first kappa shape index (κ1) is 11.0. The first-order valence-electron chi connectivity index (χ1n) is 5.21. The monoisotopic (exact) mass is 221 g/mol. The van der Waals surface area contributed by atoms with Gasteiger partial charge in [-0.05, 0) is 12.5 Å². The predicted octanol–water partition coefficient (Wildman–Crippen LogP) is -0.107. The van der Waals surface area contributed by atoms with Crippen LogP contribution in [0.2, 0.25) is 0 Å². The van der Waals surface area contributed by atoms with Crippen LogP contribution >= 0.6 is 0 Å². The van der Waals surface area contributed by atoms with Gasteiger partial charge in [0.2, 0.25) is 0 Å². The number of anilines is 1. The van der Waals surface area contributed by atoms with E-state index in [4.69, 9.17) is 16.2 Å². The fourth-order valence-corrected chi connectivity index (χ4v) is 1.75. The van der Waals surface area contributed by atoms with E-state index in [1.165, 1.54) is 0 Å². The number of aromatic nitrogens is 1. The average molecular weight is 221 g/mol. The smallest absolute Gasteiger partial charge is 0.159 e. The summed E-state index contributed by atoms with van der Waals surface area (Å²) in [6.07, 6.45) is 2.39. The van der Waals surface area contributed by atoms with Gasteiger partial charge >= 0.3 is 0 Å². The van der Waals surface area contributed by atoms with Gasteiger partial charge < -0.3 is 16.2 Å². The van der Waals surface area contributed by atoms with Crippen molar-refractivity contribution < 1.29 is 9.53 Å². The highest BCUT2D eigenvalue weighted by atomic mass is 16.5. The second kappa shape index (κ2) is 4.19. The molecule has 5 nitrogen and oxygen atoms in total. The van der Waals surface area contributed by atoms with Crippen LogP contribution in [0.3, 0.4) is 0 Å². The molecular weight excluding hydrogens is 206 g/mol. The number of carbonyl (C=O) groups excluding carboxylic acids is 1. The third-order valence-corrected chi connectivity index (χ3v) is 2.88. The molecule has 2 heterocycles. The first-order valence-corrected chi connectivity index (χ1v) is 5.21. The average Bonchev–Trinajstić information content (AvgIpc) is 2.70. The molecule has 0 aromatic carbocycles. The molecule has 1 unspecified atom stereocenters. The fourth-order valence-electron chi connectivity index (χ4n) is 1.75. The number of nitrogen functional groups attached to an aromatic ring is 1. The Bertz CT molecular complexity index is 400. The Balaban J connectivity index is 2.10. The molecule has 1 aromatic heterocycles. The van der Waals surface area contributed by atoms with Crippen molar-refractivity contribution >= 4 is 11.6 Å². The topological polar surface area (TPSA) is 91.2 Å². The lowest BCUT2D eigenvalue weighted by Gasteiger charge is -2.20. The molecule has 0 spiro atoms. The van der Waals surface area contributed by atoms with Gasteiger partial charge in [-0.25, -0.2) is 4.98 Å². The zero-order valence-electron chi connectivity index (χ0n) is 8.98. The maximum absolute atomic E-state index is 12.0. The maximum Gasteiger partial charge on any atom is 0.159 e. The highest BCUT2D eigenvalue weighted by molar-refractivity contribution is 5.91. The lowest BCUT2D eigenvalue weighted by molar-refractivity contribution is -0.123. The van der Waals surface area contributed by atoms with Crippen LogP contribution in [0.1, 0.15) is 12.0 Å². The van der Waals surface area contributed by atoms with Gasteiger partial charge in [0.25, 0.3) is 0 Å². The summed E-state index contributed by atoms with van der Waals surface area (Å²) in [6, 6.07) is 3.55. The lowest BCUT2D eigenvalue weighted by Crippen LogP contribution is -2.49. The van der Waals surface area contributed by atoms with Crippen LogP contribution in [0.4, 0.5) is 5.82 Å². The molecule has 0 bridgehead atoms. The molecule has 0 radical (unpaired) electrons. The largest absolute Gasteiger partial charge is 0.383 e. The molecule has 1 aliphatic rings. The van der Waals surface area contributed by atoms with Gasteiger partial charge in [0, 0.05) is 24.8 Å². The highest BCUT2D eigenvalue weighted by Gasteiger charge is 2.37. The van der Waals surface area contributed by atoms with Gasteiger partial charge in [0.05, 0.1) is 6.61 Å². The van der Waals surface area contributed by atoms with Gasteiger partial charge in [0.15, 0.2) is 5.78 Å². The Hall–Kier alpha value is -1.46. The lowest BCUT2D eigenvalue weighted by atomic mass is 9.90. The van der Waals surface area contributed by atoms with Gasteiger partial charge in [-0.3, -0.25) is 4.79 Å². The summed E-state index contributed by atoms with van der Waals surface area (Å²) in [4.78, 5) is 15.9. The number of carbonyl (C=O) groups is 1. The van der Waals surface area contributed by atoms with Crippen LogP contribution in [0.25, 0.3) is 0 Å². The van der Waals surface area contributed by atoms with Crippen molar-refractivity contribution in [1.29, 1.82) is 0 Å². The molecule has 1 fully saturated rings. The summed E-state index contributed by atoms with van der Waals surface area (Å²) < 4.78 is 5.16. The molecule has 2 rings (SSSR count). The molecule has 16 heavy (non-hydrogen) atoms. The van der Waals surface area contributed by atoms with E-state index in [2.05, 4.69) is 4.98 Å². The van der Waals surface area contributed by atoms with Crippen molar-refractivity contribution in [2.75, 3.05) is 18.9 Å². The number of rotatable bonds is 3. The summed E-state index contributed by atoms with van der Waals surface area (Å²) in [5.74, 6) is 0.350. The van der Waals surface area contributed by atoms with Crippen molar-refractivity contribution in [3.63, 3.8) is 0 Å². The fraction of sp³-hybridized carbons (Fsp3) is 0.455. The van der Waals surface area contributed by atoms with Gasteiger partial charge in [0.1, 0.15) is 11.4 Å². The maximum atomic E-state index is 12.0. The Morgan fingerprint density at radius 2 is 2.44 bits per heavy atom. The number of pyridine rings is 1. The Kier molecular flexibility index (Phi) is 2.89. The molecule has 0 aliphatic carbocycles. The summed E-state index contributed by atoms with van der Waals surface area (Å²) >= 11 is 0. The van der Waals surface area contributed by atoms with E-state index in [9.17, 15) is 4.79 Å². The molecular formula is C11H15N3O2. The van der Waals surface area contributed by atoms with E-state index in [0.29, 0.717) is 25.5 Å². The van der Waals surface area contributed by atoms with Crippen LogP contribution in [0, 0.1) is 0 Å². The molecule has 5 heteroatoms. The van der Waals surface area contributed by atoms with Crippen LogP contribution in [-0.4, -0.2) is 29.5 Å². The van der Waals surface area contributed by atoms with Gasteiger partial charge in [-0.1, -0.05) is 6.07 Å². The number of hydrogen-bond donors (Lipinski definition) is 2. The Labute approximate surface area is 93.8 Å². The molecule has 1 aliphatic heterocycles. The van der Waals surface area contributed by atoms with E-state index in [1.807, 2.05) is 0 Å². The SMILES string of the molecule is Nc1ncccc1CC(=O)C1(N)CCOC1. The standard InChI is InChI=1S/C11H15N3O2/c12-10-8(2-1-4-14-10)6-9(15)11(13)3-5-16-7-11/h1-2,4H,3,5-7,13H2,(H2,12,14). The quantitative estimate of drug-likeness (QED) is 0.743. The molecule has 0 amide bonds. The van der Waals surface area contributed by atoms with Crippen LogP contribution < -0.4 is 11.5 Å². The van der Waals surface area contributed by atoms with Gasteiger partial charge in [-0.2, -0.15) is 0 Å². The van der Waals surface area contributed by atoms with Crippen LogP contribution in [-0.2, 0) is 16.0 Å². The minimum Gasteiger partial charge on any atom is -0.383 e. The second-order valence-corrected chi connectivity index (χ2v) is 4.11. The number of nitrogens with two attached hydrogens (primary N) is 2. The number of Topliss-reactive ketones (excluding diaryl/α,β-unsaturated/α-hetero) is 1. The summed E-state index contributed by atoms with van der Waals surface area (Å²) in [5, 5.41) is 0. The first-order chi connectivity index (χ1) is 7.62. The van der Waals surface area contributed by atoms with E-state index in [0.717, 1.165) is 5.56 Å². The molecule has 1 aromatic rings. The van der Waals surface area contributed by atoms with E-state index in [-0.39, 0.29) is 12.2 Å². The van der Waals surface area contributed by atoms with Crippen molar-refractivity contribution in [3.05, 3.63) is 23.9 Å². The summed E-state index contributed by atoms with van der Waals surface area (Å²) in [6.45, 7) is 0.844. The second-order valence-electron chi connectivity index (χ2n) is 4.11. The van der Waals surface area contributed by atoms with Gasteiger partial charge in [-0.15, -0.1) is 0 Å². The summed E-state index contributed by atoms with van der Waals surface area (Å²) in [5.41, 5.74) is 11.5. The molecule has 1 atom stereocenters. The molecule has 4 N–H and O–H groups in total. The zero-order valence-corrected chi connectivity index (χ0v) is 8.98. The van der Waals surface area contributed by atoms with Crippen LogP contribution in [0.5, 0.6) is 0 Å². The minimum atomic E-state index is -0.845. The third kappa shape index (κ3) is 2.05. The zero-order chi connectivity index (χ0) is 11.6. The van der Waals surface area contributed by atoms with E-state index < -0.39 is 5.54 Å². The molecule has 86 valence electrons. The normalized spacial score (nSPS) is 24.6. The summed E-state index contributed by atoms with van der Waals surface area (Å²) in [7, 11) is 0. The number of nitrogens with zero attached hydrogens (tertiary/aromatic N) is 1. The minimum absolute atomic E-state index is 0.0373.